The number of nitrogens with zero attached hydrogens (tertiary/aromatic N) is 4. The van der Waals surface area contributed by atoms with Gasteiger partial charge in [-0.2, -0.15) is 9.97 Å². The van der Waals surface area contributed by atoms with Crippen molar-refractivity contribution in [3.8, 4) is 0 Å². The quantitative estimate of drug-likeness (QED) is 0.704. The van der Waals surface area contributed by atoms with Crippen molar-refractivity contribution >= 4 is 34.9 Å². The first-order valence-corrected chi connectivity index (χ1v) is 11.5. The van der Waals surface area contributed by atoms with Gasteiger partial charge in [0, 0.05) is 38.8 Å². The number of thiocarbonyl (C=S) groups is 1. The Balaban J connectivity index is 1.61. The van der Waals surface area contributed by atoms with Gasteiger partial charge in [0.05, 0.1) is 0 Å². The van der Waals surface area contributed by atoms with Crippen molar-refractivity contribution in [3.63, 3.8) is 0 Å². The summed E-state index contributed by atoms with van der Waals surface area (Å²) < 4.78 is 0. The zero-order valence-corrected chi connectivity index (χ0v) is 18.8. The van der Waals surface area contributed by atoms with Crippen LogP contribution >= 0.6 is 12.2 Å². The lowest BCUT2D eigenvalue weighted by Crippen LogP contribution is -2.36. The van der Waals surface area contributed by atoms with Gasteiger partial charge in [0.15, 0.2) is 5.11 Å². The number of fused-ring (bicyclic) bond motifs is 1. The number of piperidine rings is 1. The molecule has 0 amide bonds. The van der Waals surface area contributed by atoms with Crippen LogP contribution in [0.25, 0.3) is 0 Å². The van der Waals surface area contributed by atoms with E-state index in [0.29, 0.717) is 17.0 Å². The number of anilines is 3. The molecule has 30 heavy (non-hydrogen) atoms. The molecule has 1 fully saturated rings. The second-order valence-electron chi connectivity index (χ2n) is 8.42. The first-order valence-electron chi connectivity index (χ1n) is 11.1. The van der Waals surface area contributed by atoms with E-state index in [2.05, 4.69) is 64.6 Å². The summed E-state index contributed by atoms with van der Waals surface area (Å²) in [6.45, 7) is 9.20. The predicted molar refractivity (Wildman–Crippen MR) is 128 cm³/mol. The summed E-state index contributed by atoms with van der Waals surface area (Å²) in [5.41, 5.74) is 2.82. The summed E-state index contributed by atoms with van der Waals surface area (Å²) in [4.78, 5) is 14.4. The van der Waals surface area contributed by atoms with Crippen LogP contribution < -0.4 is 20.4 Å². The van der Waals surface area contributed by atoms with Crippen molar-refractivity contribution in [1.82, 2.24) is 15.3 Å². The van der Waals surface area contributed by atoms with Crippen LogP contribution in [0.4, 0.5) is 17.6 Å². The highest BCUT2D eigenvalue weighted by molar-refractivity contribution is 7.80. The van der Waals surface area contributed by atoms with Crippen molar-refractivity contribution in [3.05, 3.63) is 41.5 Å². The van der Waals surface area contributed by atoms with Crippen LogP contribution in [0.2, 0.25) is 0 Å². The molecule has 0 saturated carbocycles. The predicted octanol–water partition coefficient (Wildman–Crippen LogP) is 3.97. The van der Waals surface area contributed by atoms with Gasteiger partial charge in [0.1, 0.15) is 11.6 Å². The van der Waals surface area contributed by atoms with Crippen LogP contribution in [-0.4, -0.2) is 41.3 Å². The number of hydrogen-bond acceptors (Lipinski definition) is 5. The van der Waals surface area contributed by atoms with Crippen molar-refractivity contribution in [2.45, 2.75) is 46.1 Å². The Morgan fingerprint density at radius 3 is 2.67 bits per heavy atom. The van der Waals surface area contributed by atoms with E-state index in [1.807, 2.05) is 0 Å². The van der Waals surface area contributed by atoms with E-state index in [-0.39, 0.29) is 0 Å². The van der Waals surface area contributed by atoms with Crippen LogP contribution in [0.3, 0.4) is 0 Å². The van der Waals surface area contributed by atoms with E-state index in [0.717, 1.165) is 57.2 Å². The van der Waals surface area contributed by atoms with Crippen molar-refractivity contribution < 1.29 is 0 Å². The molecule has 0 radical (unpaired) electrons. The zero-order valence-electron chi connectivity index (χ0n) is 18.0. The summed E-state index contributed by atoms with van der Waals surface area (Å²) in [7, 11) is 0. The van der Waals surface area contributed by atoms with Gasteiger partial charge in [-0.05, 0) is 54.9 Å². The van der Waals surface area contributed by atoms with Gasteiger partial charge >= 0.3 is 0 Å². The number of benzene rings is 1. The van der Waals surface area contributed by atoms with Crippen molar-refractivity contribution in [2.24, 2.45) is 5.92 Å². The summed E-state index contributed by atoms with van der Waals surface area (Å²) >= 11 is 5.44. The molecule has 0 spiro atoms. The Morgan fingerprint density at radius 1 is 1.13 bits per heavy atom. The molecular formula is C23H32N6S. The normalized spacial score (nSPS) is 18.7. The molecule has 7 heteroatoms. The van der Waals surface area contributed by atoms with Crippen molar-refractivity contribution in [2.75, 3.05) is 41.3 Å². The Kier molecular flexibility index (Phi) is 6.67. The first-order chi connectivity index (χ1) is 14.6. The number of rotatable bonds is 5. The first kappa shape index (κ1) is 20.8. The minimum Gasteiger partial charge on any atom is -0.362 e. The van der Waals surface area contributed by atoms with E-state index < -0.39 is 0 Å². The lowest BCUT2D eigenvalue weighted by atomic mass is 10.00. The Hall–Kier alpha value is -2.41. The van der Waals surface area contributed by atoms with Gasteiger partial charge in [-0.25, -0.2) is 0 Å². The maximum Gasteiger partial charge on any atom is 0.232 e. The summed E-state index contributed by atoms with van der Waals surface area (Å²) in [5, 5.41) is 7.00. The van der Waals surface area contributed by atoms with Gasteiger partial charge < -0.3 is 20.4 Å². The SMILES string of the molecule is CCCNC(=S)Nc1nc(N2CCc3ccccc3C2)cc(N2CCCC(C)C2)n1. The lowest BCUT2D eigenvalue weighted by Gasteiger charge is -2.34. The van der Waals surface area contributed by atoms with Gasteiger partial charge in [0.2, 0.25) is 5.95 Å². The molecule has 6 nitrogen and oxygen atoms in total. The molecule has 1 aromatic heterocycles. The van der Waals surface area contributed by atoms with E-state index in [1.165, 1.54) is 24.0 Å². The molecule has 2 aromatic rings. The molecule has 1 aromatic carbocycles. The third kappa shape index (κ3) is 5.01. The highest BCUT2D eigenvalue weighted by Gasteiger charge is 2.22. The fraction of sp³-hybridized carbons (Fsp3) is 0.522. The van der Waals surface area contributed by atoms with E-state index >= 15 is 0 Å². The maximum absolute atomic E-state index is 5.44. The Morgan fingerprint density at radius 2 is 1.90 bits per heavy atom. The van der Waals surface area contributed by atoms with Gasteiger partial charge in [-0.3, -0.25) is 0 Å². The van der Waals surface area contributed by atoms with Gasteiger partial charge in [0.25, 0.3) is 0 Å². The molecule has 2 N–H and O–H groups in total. The molecular weight excluding hydrogens is 392 g/mol. The summed E-state index contributed by atoms with van der Waals surface area (Å²) in [6, 6.07) is 10.9. The number of aromatic nitrogens is 2. The smallest absolute Gasteiger partial charge is 0.232 e. The van der Waals surface area contributed by atoms with Crippen molar-refractivity contribution in [1.29, 1.82) is 0 Å². The maximum atomic E-state index is 5.44. The van der Waals surface area contributed by atoms with Gasteiger partial charge in [-0.1, -0.05) is 38.1 Å². The minimum atomic E-state index is 0.577. The highest BCUT2D eigenvalue weighted by Crippen LogP contribution is 2.29. The topological polar surface area (TPSA) is 56.3 Å². The van der Waals surface area contributed by atoms with Gasteiger partial charge in [-0.15, -0.1) is 0 Å². The zero-order chi connectivity index (χ0) is 20.9. The molecule has 2 aliphatic heterocycles. The highest BCUT2D eigenvalue weighted by atomic mass is 32.1. The second kappa shape index (κ2) is 9.60. The second-order valence-corrected chi connectivity index (χ2v) is 8.83. The molecule has 1 atom stereocenters. The molecule has 160 valence electrons. The lowest BCUT2D eigenvalue weighted by molar-refractivity contribution is 0.444. The van der Waals surface area contributed by atoms with E-state index in [4.69, 9.17) is 22.2 Å². The minimum absolute atomic E-state index is 0.577. The van der Waals surface area contributed by atoms with Crippen LogP contribution in [0.1, 0.15) is 44.2 Å². The molecule has 3 heterocycles. The van der Waals surface area contributed by atoms with Crippen LogP contribution in [0, 0.1) is 5.92 Å². The van der Waals surface area contributed by atoms with E-state index in [9.17, 15) is 0 Å². The molecule has 4 rings (SSSR count). The van der Waals surface area contributed by atoms with Crippen LogP contribution in [-0.2, 0) is 13.0 Å². The number of nitrogens with one attached hydrogen (secondary N) is 2. The molecule has 0 aliphatic carbocycles. The molecule has 1 unspecified atom stereocenters. The Bertz CT molecular complexity index is 886. The van der Waals surface area contributed by atoms with E-state index in [1.54, 1.807) is 0 Å². The standard InChI is InChI=1S/C23H32N6S/c1-3-11-24-23(30)27-22-25-20(28-12-6-7-17(2)15-28)14-21(26-22)29-13-10-18-8-4-5-9-19(18)16-29/h4-5,8-9,14,17H,3,6-7,10-13,15-16H2,1-2H3,(H2,24,25,26,27,30). The van der Waals surface area contributed by atoms with Crippen LogP contribution in [0.15, 0.2) is 30.3 Å². The number of hydrogen-bond donors (Lipinski definition) is 2. The fourth-order valence-electron chi connectivity index (χ4n) is 4.27. The molecule has 1 saturated heterocycles. The molecule has 0 bridgehead atoms. The fourth-order valence-corrected chi connectivity index (χ4v) is 4.47. The Labute approximate surface area is 185 Å². The third-order valence-electron chi connectivity index (χ3n) is 5.90. The largest absolute Gasteiger partial charge is 0.362 e. The average molecular weight is 425 g/mol. The summed E-state index contributed by atoms with van der Waals surface area (Å²) in [5.74, 6) is 3.22. The third-order valence-corrected chi connectivity index (χ3v) is 6.14. The monoisotopic (exact) mass is 424 g/mol. The average Bonchev–Trinajstić information content (AvgIpc) is 2.77. The summed E-state index contributed by atoms with van der Waals surface area (Å²) in [6.07, 6.45) is 4.55. The van der Waals surface area contributed by atoms with Crippen LogP contribution in [0.5, 0.6) is 0 Å². The molecule has 2 aliphatic rings.